The number of hydrogen-bond donors (Lipinski definition) is 1. The number of nitrogens with zero attached hydrogens (tertiary/aromatic N) is 1. The van der Waals surface area contributed by atoms with Gasteiger partial charge in [0.2, 0.25) is 0 Å². The van der Waals surface area contributed by atoms with Crippen LogP contribution in [0, 0.1) is 5.92 Å². The first-order valence-corrected chi connectivity index (χ1v) is 7.92. The lowest BCUT2D eigenvalue weighted by Gasteiger charge is -2.45. The number of ether oxygens (including phenoxy) is 2. The topological polar surface area (TPSA) is 33.7 Å². The first-order valence-electron chi connectivity index (χ1n) is 7.92. The Morgan fingerprint density at radius 1 is 1.32 bits per heavy atom. The molecule has 3 heterocycles. The minimum Gasteiger partial charge on any atom is -0.378 e. The monoisotopic (exact) mass is 268 g/mol. The highest BCUT2D eigenvalue weighted by molar-refractivity contribution is 4.94. The van der Waals surface area contributed by atoms with Crippen LogP contribution in [0.5, 0.6) is 0 Å². The van der Waals surface area contributed by atoms with Gasteiger partial charge in [0.25, 0.3) is 0 Å². The maximum absolute atomic E-state index is 6.06. The van der Waals surface area contributed by atoms with E-state index < -0.39 is 0 Å². The Kier molecular flexibility index (Phi) is 4.42. The van der Waals surface area contributed by atoms with Gasteiger partial charge < -0.3 is 14.8 Å². The van der Waals surface area contributed by atoms with Crippen molar-refractivity contribution >= 4 is 0 Å². The van der Waals surface area contributed by atoms with Gasteiger partial charge in [-0.05, 0) is 51.7 Å². The fraction of sp³-hybridized carbons (Fsp3) is 1.00. The Hall–Kier alpha value is -0.160. The van der Waals surface area contributed by atoms with Gasteiger partial charge in [-0.25, -0.2) is 0 Å². The molecule has 19 heavy (non-hydrogen) atoms. The van der Waals surface area contributed by atoms with E-state index in [4.69, 9.17) is 9.47 Å². The van der Waals surface area contributed by atoms with Crippen LogP contribution in [0.3, 0.4) is 0 Å². The molecule has 0 bridgehead atoms. The Labute approximate surface area is 116 Å². The Morgan fingerprint density at radius 3 is 3.05 bits per heavy atom. The Morgan fingerprint density at radius 2 is 2.26 bits per heavy atom. The van der Waals surface area contributed by atoms with E-state index in [0.29, 0.717) is 0 Å². The number of likely N-dealkylation sites (tertiary alicyclic amines) is 1. The Bertz CT molecular complexity index is 290. The van der Waals surface area contributed by atoms with E-state index >= 15 is 0 Å². The van der Waals surface area contributed by atoms with Crippen LogP contribution in [0.2, 0.25) is 0 Å². The third-order valence-corrected chi connectivity index (χ3v) is 5.09. The first kappa shape index (κ1) is 13.8. The summed E-state index contributed by atoms with van der Waals surface area (Å²) in [7, 11) is 2.07. The summed E-state index contributed by atoms with van der Waals surface area (Å²) in [6, 6.07) is 0.718. The Balaban J connectivity index is 1.58. The largest absolute Gasteiger partial charge is 0.378 e. The van der Waals surface area contributed by atoms with Crippen LogP contribution in [0.4, 0.5) is 0 Å². The standard InChI is InChI=1S/C15H28N2O2/c1-16-10-13-3-2-6-17(11-13)14-4-7-19-15(9-14)5-8-18-12-15/h13-14,16H,2-12H2,1H3. The smallest absolute Gasteiger partial charge is 0.0951 e. The zero-order valence-electron chi connectivity index (χ0n) is 12.2. The number of hydrogen-bond acceptors (Lipinski definition) is 4. The van der Waals surface area contributed by atoms with Crippen LogP contribution >= 0.6 is 0 Å². The van der Waals surface area contributed by atoms with Gasteiger partial charge in [0.05, 0.1) is 12.2 Å². The van der Waals surface area contributed by atoms with Gasteiger partial charge in [0.15, 0.2) is 0 Å². The highest BCUT2D eigenvalue weighted by Crippen LogP contribution is 2.35. The van der Waals surface area contributed by atoms with Crippen molar-refractivity contribution in [3.63, 3.8) is 0 Å². The van der Waals surface area contributed by atoms with Crippen LogP contribution in [-0.2, 0) is 9.47 Å². The fourth-order valence-electron chi connectivity index (χ4n) is 4.06. The highest BCUT2D eigenvalue weighted by atomic mass is 16.6. The molecule has 0 aromatic heterocycles. The van der Waals surface area contributed by atoms with Crippen LogP contribution in [0.15, 0.2) is 0 Å². The van der Waals surface area contributed by atoms with Gasteiger partial charge in [-0.1, -0.05) is 0 Å². The lowest BCUT2D eigenvalue weighted by molar-refractivity contribution is -0.110. The normalized spacial score (nSPS) is 40.9. The van der Waals surface area contributed by atoms with E-state index in [1.165, 1.54) is 38.8 Å². The third-order valence-electron chi connectivity index (χ3n) is 5.09. The molecule has 3 unspecified atom stereocenters. The van der Waals surface area contributed by atoms with Gasteiger partial charge in [0.1, 0.15) is 0 Å². The van der Waals surface area contributed by atoms with Crippen molar-refractivity contribution < 1.29 is 9.47 Å². The molecule has 4 heteroatoms. The summed E-state index contributed by atoms with van der Waals surface area (Å²) >= 11 is 0. The molecule has 3 aliphatic heterocycles. The molecule has 3 fully saturated rings. The van der Waals surface area contributed by atoms with E-state index in [-0.39, 0.29) is 5.60 Å². The lowest BCUT2D eigenvalue weighted by Crippen LogP contribution is -2.52. The van der Waals surface area contributed by atoms with E-state index in [1.54, 1.807) is 0 Å². The maximum Gasteiger partial charge on any atom is 0.0951 e. The summed E-state index contributed by atoms with van der Waals surface area (Å²) in [5.41, 5.74) is 0.0544. The second kappa shape index (κ2) is 6.08. The van der Waals surface area contributed by atoms with Crippen LogP contribution in [0.1, 0.15) is 32.1 Å². The average molecular weight is 268 g/mol. The predicted molar refractivity (Wildman–Crippen MR) is 75.4 cm³/mol. The van der Waals surface area contributed by atoms with Crippen LogP contribution < -0.4 is 5.32 Å². The summed E-state index contributed by atoms with van der Waals surface area (Å²) in [6.07, 6.45) is 6.21. The van der Waals surface area contributed by atoms with Crippen molar-refractivity contribution in [2.45, 2.75) is 43.7 Å². The van der Waals surface area contributed by atoms with E-state index in [2.05, 4.69) is 17.3 Å². The summed E-state index contributed by atoms with van der Waals surface area (Å²) < 4.78 is 11.6. The summed E-state index contributed by atoms with van der Waals surface area (Å²) in [5, 5.41) is 3.34. The third kappa shape index (κ3) is 3.13. The lowest BCUT2D eigenvalue weighted by atomic mass is 9.87. The fourth-order valence-corrected chi connectivity index (χ4v) is 4.06. The zero-order valence-corrected chi connectivity index (χ0v) is 12.2. The molecule has 110 valence electrons. The van der Waals surface area contributed by atoms with E-state index in [1.807, 2.05) is 0 Å². The average Bonchev–Trinajstić information content (AvgIpc) is 2.87. The molecule has 0 aliphatic carbocycles. The van der Waals surface area contributed by atoms with Crippen molar-refractivity contribution in [1.82, 2.24) is 10.2 Å². The quantitative estimate of drug-likeness (QED) is 0.835. The summed E-state index contributed by atoms with van der Waals surface area (Å²) in [4.78, 5) is 2.73. The minimum atomic E-state index is 0.0544. The van der Waals surface area contributed by atoms with Crippen molar-refractivity contribution in [3.8, 4) is 0 Å². The minimum absolute atomic E-state index is 0.0544. The molecule has 4 nitrogen and oxygen atoms in total. The predicted octanol–water partition coefficient (Wildman–Crippen LogP) is 1.26. The summed E-state index contributed by atoms with van der Waals surface area (Å²) in [5.74, 6) is 0.831. The molecular formula is C15H28N2O2. The second-order valence-electron chi connectivity index (χ2n) is 6.54. The molecule has 0 aromatic carbocycles. The molecule has 0 radical (unpaired) electrons. The molecule has 1 spiro atoms. The maximum atomic E-state index is 6.06. The second-order valence-corrected chi connectivity index (χ2v) is 6.54. The zero-order chi connectivity index (χ0) is 13.1. The molecular weight excluding hydrogens is 240 g/mol. The molecule has 0 aromatic rings. The molecule has 3 aliphatic rings. The van der Waals surface area contributed by atoms with Crippen LogP contribution in [0.25, 0.3) is 0 Å². The number of rotatable bonds is 3. The molecule has 3 saturated heterocycles. The number of piperidine rings is 1. The molecule has 3 rings (SSSR count). The molecule has 0 saturated carbocycles. The van der Waals surface area contributed by atoms with Gasteiger partial charge in [-0.2, -0.15) is 0 Å². The van der Waals surface area contributed by atoms with Gasteiger partial charge in [-0.15, -0.1) is 0 Å². The van der Waals surface area contributed by atoms with Crippen LogP contribution in [-0.4, -0.2) is 63.0 Å². The van der Waals surface area contributed by atoms with Crippen molar-refractivity contribution in [2.75, 3.05) is 46.5 Å². The highest BCUT2D eigenvalue weighted by Gasteiger charge is 2.42. The van der Waals surface area contributed by atoms with Gasteiger partial charge in [-0.3, -0.25) is 4.90 Å². The van der Waals surface area contributed by atoms with E-state index in [0.717, 1.165) is 44.7 Å². The van der Waals surface area contributed by atoms with Gasteiger partial charge >= 0.3 is 0 Å². The SMILES string of the molecule is CNCC1CCCN(C2CCOC3(CCOC3)C2)C1. The number of nitrogens with one attached hydrogen (secondary N) is 1. The molecule has 0 amide bonds. The van der Waals surface area contributed by atoms with Crippen molar-refractivity contribution in [1.29, 1.82) is 0 Å². The van der Waals surface area contributed by atoms with Crippen molar-refractivity contribution in [3.05, 3.63) is 0 Å². The first-order chi connectivity index (χ1) is 9.31. The van der Waals surface area contributed by atoms with E-state index in [9.17, 15) is 0 Å². The van der Waals surface area contributed by atoms with Gasteiger partial charge in [0, 0.05) is 32.2 Å². The molecule has 1 N–H and O–H groups in total. The molecule has 3 atom stereocenters. The van der Waals surface area contributed by atoms with Crippen molar-refractivity contribution in [2.24, 2.45) is 5.92 Å². The summed E-state index contributed by atoms with van der Waals surface area (Å²) in [6.45, 7) is 6.33.